The highest BCUT2D eigenvalue weighted by atomic mass is 32.1. The molecule has 1 heterocycles. The van der Waals surface area contributed by atoms with E-state index in [0.717, 1.165) is 25.6 Å². The summed E-state index contributed by atoms with van der Waals surface area (Å²) in [5.41, 5.74) is 0. The average molecular weight is 220 g/mol. The molecular formula is C12H16N2S. The summed E-state index contributed by atoms with van der Waals surface area (Å²) in [4.78, 5) is 3.93. The Kier molecular flexibility index (Phi) is 3.76. The lowest BCUT2D eigenvalue weighted by molar-refractivity contribution is 0.273. The molecule has 15 heavy (non-hydrogen) atoms. The van der Waals surface area contributed by atoms with Crippen LogP contribution in [0, 0.1) is 11.3 Å². The van der Waals surface area contributed by atoms with Crippen LogP contribution in [0.25, 0.3) is 0 Å². The van der Waals surface area contributed by atoms with Crippen LogP contribution < -0.4 is 0 Å². The van der Waals surface area contributed by atoms with Crippen LogP contribution >= 0.6 is 11.3 Å². The van der Waals surface area contributed by atoms with Gasteiger partial charge in [-0.3, -0.25) is 4.90 Å². The number of rotatable bonds is 6. The Labute approximate surface area is 95.1 Å². The van der Waals surface area contributed by atoms with Crippen LogP contribution in [0.1, 0.15) is 24.1 Å². The second-order valence-corrected chi connectivity index (χ2v) is 5.04. The highest BCUT2D eigenvalue weighted by Crippen LogP contribution is 2.27. The molecular weight excluding hydrogens is 204 g/mol. The number of hydrogen-bond acceptors (Lipinski definition) is 3. The summed E-state index contributed by atoms with van der Waals surface area (Å²) in [5, 5.41) is 10.7. The van der Waals surface area contributed by atoms with Crippen LogP contribution in [0.5, 0.6) is 0 Å². The van der Waals surface area contributed by atoms with E-state index in [-0.39, 0.29) is 0 Å². The van der Waals surface area contributed by atoms with Gasteiger partial charge in [-0.1, -0.05) is 6.07 Å². The highest BCUT2D eigenvalue weighted by molar-refractivity contribution is 7.09. The van der Waals surface area contributed by atoms with E-state index in [9.17, 15) is 0 Å². The Morgan fingerprint density at radius 2 is 2.33 bits per heavy atom. The van der Waals surface area contributed by atoms with Gasteiger partial charge in [0, 0.05) is 30.4 Å². The van der Waals surface area contributed by atoms with Gasteiger partial charge in [-0.2, -0.15) is 5.26 Å². The van der Waals surface area contributed by atoms with Gasteiger partial charge < -0.3 is 0 Å². The van der Waals surface area contributed by atoms with Gasteiger partial charge in [0.25, 0.3) is 0 Å². The van der Waals surface area contributed by atoms with Crippen molar-refractivity contribution in [2.24, 2.45) is 0 Å². The van der Waals surface area contributed by atoms with E-state index in [1.54, 1.807) is 0 Å². The topological polar surface area (TPSA) is 27.0 Å². The van der Waals surface area contributed by atoms with Gasteiger partial charge in [0.1, 0.15) is 0 Å². The van der Waals surface area contributed by atoms with Crippen LogP contribution in [-0.2, 0) is 6.42 Å². The lowest BCUT2D eigenvalue weighted by Crippen LogP contribution is -2.29. The molecule has 0 atom stereocenters. The molecule has 80 valence electrons. The standard InChI is InChI=1S/C12H16N2S/c13-7-2-8-14(11-4-5-11)9-6-12-3-1-10-15-12/h1,3,10-11H,2,4-6,8-9H2. The molecule has 0 amide bonds. The van der Waals surface area contributed by atoms with E-state index >= 15 is 0 Å². The molecule has 0 aliphatic heterocycles. The maximum Gasteiger partial charge on any atom is 0.0635 e. The molecule has 2 rings (SSSR count). The molecule has 1 aliphatic rings. The number of nitriles is 1. The molecule has 0 bridgehead atoms. The van der Waals surface area contributed by atoms with Crippen LogP contribution in [0.15, 0.2) is 17.5 Å². The molecule has 0 unspecified atom stereocenters. The molecule has 1 fully saturated rings. The zero-order valence-corrected chi connectivity index (χ0v) is 9.67. The first-order chi connectivity index (χ1) is 7.40. The van der Waals surface area contributed by atoms with Crippen molar-refractivity contribution in [1.82, 2.24) is 4.90 Å². The maximum absolute atomic E-state index is 8.59. The van der Waals surface area contributed by atoms with E-state index in [4.69, 9.17) is 5.26 Å². The number of thiophene rings is 1. The smallest absolute Gasteiger partial charge is 0.0635 e. The zero-order chi connectivity index (χ0) is 10.5. The van der Waals surface area contributed by atoms with E-state index in [0.29, 0.717) is 6.42 Å². The van der Waals surface area contributed by atoms with E-state index in [1.165, 1.54) is 17.7 Å². The van der Waals surface area contributed by atoms with Gasteiger partial charge in [-0.05, 0) is 30.7 Å². The molecule has 1 saturated carbocycles. The summed E-state index contributed by atoms with van der Waals surface area (Å²) in [6.07, 6.45) is 4.46. The fourth-order valence-corrected chi connectivity index (χ4v) is 2.52. The number of nitrogens with zero attached hydrogens (tertiary/aromatic N) is 2. The first-order valence-electron chi connectivity index (χ1n) is 5.53. The Bertz CT molecular complexity index is 322. The highest BCUT2D eigenvalue weighted by Gasteiger charge is 2.28. The third-order valence-electron chi connectivity index (χ3n) is 2.80. The Hall–Kier alpha value is -0.850. The van der Waals surface area contributed by atoms with E-state index in [2.05, 4.69) is 28.5 Å². The van der Waals surface area contributed by atoms with Crippen molar-refractivity contribution in [2.75, 3.05) is 13.1 Å². The van der Waals surface area contributed by atoms with E-state index < -0.39 is 0 Å². The summed E-state index contributed by atoms with van der Waals surface area (Å²) in [5.74, 6) is 0. The van der Waals surface area contributed by atoms with Crippen molar-refractivity contribution in [3.63, 3.8) is 0 Å². The molecule has 1 aromatic rings. The zero-order valence-electron chi connectivity index (χ0n) is 8.85. The van der Waals surface area contributed by atoms with Crippen LogP contribution in [-0.4, -0.2) is 24.0 Å². The molecule has 0 N–H and O–H groups in total. The molecule has 0 spiro atoms. The fourth-order valence-electron chi connectivity index (χ4n) is 1.82. The van der Waals surface area contributed by atoms with Gasteiger partial charge in [0.15, 0.2) is 0 Å². The molecule has 0 saturated heterocycles. The minimum Gasteiger partial charge on any atom is -0.299 e. The predicted octanol–water partition coefficient (Wildman–Crippen LogP) is 2.67. The van der Waals surface area contributed by atoms with Gasteiger partial charge in [-0.25, -0.2) is 0 Å². The Balaban J connectivity index is 1.76. The van der Waals surface area contributed by atoms with Gasteiger partial charge in [0.2, 0.25) is 0 Å². The summed E-state index contributed by atoms with van der Waals surface area (Å²) in [7, 11) is 0. The van der Waals surface area contributed by atoms with Crippen LogP contribution in [0.4, 0.5) is 0 Å². The molecule has 1 aromatic heterocycles. The Morgan fingerprint density at radius 1 is 1.47 bits per heavy atom. The van der Waals surface area contributed by atoms with Crippen molar-refractivity contribution >= 4 is 11.3 Å². The largest absolute Gasteiger partial charge is 0.299 e. The SMILES string of the molecule is N#CCCN(CCc1cccs1)C1CC1. The van der Waals surface area contributed by atoms with E-state index in [1.807, 2.05) is 11.3 Å². The molecule has 1 aliphatic carbocycles. The third kappa shape index (κ3) is 3.33. The average Bonchev–Trinajstić information content (AvgIpc) is 2.95. The molecule has 2 nitrogen and oxygen atoms in total. The summed E-state index contributed by atoms with van der Waals surface area (Å²) in [6.45, 7) is 2.07. The summed E-state index contributed by atoms with van der Waals surface area (Å²) < 4.78 is 0. The normalized spacial score (nSPS) is 15.5. The van der Waals surface area contributed by atoms with Crippen molar-refractivity contribution in [2.45, 2.75) is 31.7 Å². The fraction of sp³-hybridized carbons (Fsp3) is 0.583. The quantitative estimate of drug-likeness (QED) is 0.737. The van der Waals surface area contributed by atoms with Crippen molar-refractivity contribution < 1.29 is 0 Å². The minimum absolute atomic E-state index is 0.668. The first-order valence-corrected chi connectivity index (χ1v) is 6.41. The second kappa shape index (κ2) is 5.29. The maximum atomic E-state index is 8.59. The summed E-state index contributed by atoms with van der Waals surface area (Å²) >= 11 is 1.83. The monoisotopic (exact) mass is 220 g/mol. The molecule has 3 heteroatoms. The van der Waals surface area contributed by atoms with Crippen molar-refractivity contribution in [3.05, 3.63) is 22.4 Å². The summed E-state index contributed by atoms with van der Waals surface area (Å²) in [6, 6.07) is 7.31. The van der Waals surface area contributed by atoms with Crippen molar-refractivity contribution in [1.29, 1.82) is 5.26 Å². The van der Waals surface area contributed by atoms with Gasteiger partial charge in [0.05, 0.1) is 6.07 Å². The van der Waals surface area contributed by atoms with Crippen LogP contribution in [0.3, 0.4) is 0 Å². The second-order valence-electron chi connectivity index (χ2n) is 4.00. The minimum atomic E-state index is 0.668. The molecule has 0 aromatic carbocycles. The third-order valence-corrected chi connectivity index (χ3v) is 3.74. The lowest BCUT2D eigenvalue weighted by Gasteiger charge is -2.19. The van der Waals surface area contributed by atoms with Gasteiger partial charge >= 0.3 is 0 Å². The van der Waals surface area contributed by atoms with Crippen molar-refractivity contribution in [3.8, 4) is 6.07 Å². The van der Waals surface area contributed by atoms with Crippen LogP contribution in [0.2, 0.25) is 0 Å². The first kappa shape index (κ1) is 10.7. The van der Waals surface area contributed by atoms with Gasteiger partial charge in [-0.15, -0.1) is 11.3 Å². The Morgan fingerprint density at radius 3 is 2.93 bits per heavy atom. The lowest BCUT2D eigenvalue weighted by atomic mass is 10.3. The molecule has 0 radical (unpaired) electrons. The number of hydrogen-bond donors (Lipinski definition) is 0. The predicted molar refractivity (Wildman–Crippen MR) is 62.8 cm³/mol.